The Labute approximate surface area is 125 Å². The molecule has 3 N–H and O–H groups in total. The third kappa shape index (κ3) is 4.09. The van der Waals surface area contributed by atoms with E-state index in [-0.39, 0.29) is 18.0 Å². The molecule has 21 heavy (non-hydrogen) atoms. The lowest BCUT2D eigenvalue weighted by Gasteiger charge is -2.28. The van der Waals surface area contributed by atoms with Crippen LogP contribution in [0.4, 0.5) is 4.79 Å². The van der Waals surface area contributed by atoms with Crippen molar-refractivity contribution in [2.45, 2.75) is 45.1 Å². The average Bonchev–Trinajstić information content (AvgIpc) is 3.03. The van der Waals surface area contributed by atoms with Gasteiger partial charge in [-0.05, 0) is 43.9 Å². The molecule has 0 saturated heterocycles. The molecule has 2 rings (SSSR count). The molecule has 120 valence electrons. The van der Waals surface area contributed by atoms with E-state index in [1.807, 2.05) is 0 Å². The molecule has 0 aliphatic heterocycles. The zero-order valence-corrected chi connectivity index (χ0v) is 12.6. The first kappa shape index (κ1) is 16.1. The molecule has 4 unspecified atom stereocenters. The van der Waals surface area contributed by atoms with Crippen LogP contribution >= 0.6 is 0 Å². The maximum absolute atomic E-state index is 11.9. The Balaban J connectivity index is 1.68. The summed E-state index contributed by atoms with van der Waals surface area (Å²) in [5, 5.41) is 15.0. The topological polar surface area (TPSA) is 87.7 Å². The lowest BCUT2D eigenvalue weighted by Crippen LogP contribution is -2.50. The molecule has 4 atom stereocenters. The second kappa shape index (κ2) is 7.64. The Morgan fingerprint density at radius 2 is 2.00 bits per heavy atom. The molecule has 6 heteroatoms. The predicted molar refractivity (Wildman–Crippen MR) is 78.0 cm³/mol. The van der Waals surface area contributed by atoms with Gasteiger partial charge < -0.3 is 20.5 Å². The molecule has 0 aromatic carbocycles. The van der Waals surface area contributed by atoms with Crippen molar-refractivity contribution in [1.82, 2.24) is 10.6 Å². The number of urea groups is 1. The molecular formula is C15H26N2O4. The molecule has 0 aromatic heterocycles. The van der Waals surface area contributed by atoms with Crippen molar-refractivity contribution in [1.29, 1.82) is 0 Å². The van der Waals surface area contributed by atoms with Crippen molar-refractivity contribution in [2.24, 2.45) is 17.8 Å². The van der Waals surface area contributed by atoms with Crippen molar-refractivity contribution < 1.29 is 19.4 Å². The van der Waals surface area contributed by atoms with Gasteiger partial charge in [0.15, 0.2) is 0 Å². The predicted octanol–water partition coefficient (Wildman–Crippen LogP) is 1.60. The van der Waals surface area contributed by atoms with Crippen LogP contribution in [-0.2, 0) is 9.53 Å². The van der Waals surface area contributed by atoms with Crippen molar-refractivity contribution in [3.63, 3.8) is 0 Å². The molecule has 0 heterocycles. The van der Waals surface area contributed by atoms with E-state index in [0.29, 0.717) is 19.1 Å². The van der Waals surface area contributed by atoms with Gasteiger partial charge in [-0.2, -0.15) is 0 Å². The van der Waals surface area contributed by atoms with Gasteiger partial charge in [-0.1, -0.05) is 6.92 Å². The van der Waals surface area contributed by atoms with Gasteiger partial charge >= 0.3 is 12.0 Å². The summed E-state index contributed by atoms with van der Waals surface area (Å²) in [4.78, 5) is 23.2. The highest BCUT2D eigenvalue weighted by molar-refractivity contribution is 5.77. The number of carbonyl (C=O) groups excluding carboxylic acids is 1. The van der Waals surface area contributed by atoms with Crippen LogP contribution in [0.15, 0.2) is 0 Å². The van der Waals surface area contributed by atoms with Crippen molar-refractivity contribution in [3.8, 4) is 0 Å². The number of carbonyl (C=O) groups is 2. The zero-order chi connectivity index (χ0) is 15.2. The van der Waals surface area contributed by atoms with E-state index in [2.05, 4.69) is 17.6 Å². The Hall–Kier alpha value is -1.30. The number of aliphatic carboxylic acids is 1. The molecule has 2 aliphatic carbocycles. The zero-order valence-electron chi connectivity index (χ0n) is 12.6. The largest absolute Gasteiger partial charge is 0.481 e. The minimum absolute atomic E-state index is 0.211. The summed E-state index contributed by atoms with van der Waals surface area (Å²) in [7, 11) is 0. The van der Waals surface area contributed by atoms with Crippen LogP contribution in [0.5, 0.6) is 0 Å². The number of carboxylic acids is 1. The highest BCUT2D eigenvalue weighted by Crippen LogP contribution is 2.48. The van der Waals surface area contributed by atoms with E-state index in [1.165, 1.54) is 0 Å². The lowest BCUT2D eigenvalue weighted by atomic mass is 9.84. The molecule has 0 radical (unpaired) electrons. The molecule has 2 fully saturated rings. The molecule has 2 bridgehead atoms. The van der Waals surface area contributed by atoms with E-state index >= 15 is 0 Å². The smallest absolute Gasteiger partial charge is 0.315 e. The summed E-state index contributed by atoms with van der Waals surface area (Å²) in [6.07, 6.45) is 4.72. The third-order valence-corrected chi connectivity index (χ3v) is 4.60. The fraction of sp³-hybridized carbons (Fsp3) is 0.867. The first-order chi connectivity index (χ1) is 10.1. The molecule has 0 spiro atoms. The molecule has 6 nitrogen and oxygen atoms in total. The number of carboxylic acid groups (broad SMARTS) is 1. The van der Waals surface area contributed by atoms with Gasteiger partial charge in [-0.25, -0.2) is 4.79 Å². The second-order valence-corrected chi connectivity index (χ2v) is 6.09. The maximum atomic E-state index is 11.9. The van der Waals surface area contributed by atoms with Crippen LogP contribution in [0.1, 0.15) is 39.0 Å². The molecule has 2 saturated carbocycles. The van der Waals surface area contributed by atoms with Crippen LogP contribution in [-0.4, -0.2) is 42.9 Å². The van der Waals surface area contributed by atoms with Crippen LogP contribution < -0.4 is 10.6 Å². The van der Waals surface area contributed by atoms with Crippen LogP contribution in [0.3, 0.4) is 0 Å². The fourth-order valence-electron chi connectivity index (χ4n) is 3.68. The summed E-state index contributed by atoms with van der Waals surface area (Å²) in [6, 6.07) is -0.466. The number of ether oxygens (including phenoxy) is 1. The number of hydrogen-bond donors (Lipinski definition) is 3. The van der Waals surface area contributed by atoms with Crippen LogP contribution in [0.25, 0.3) is 0 Å². The summed E-state index contributed by atoms with van der Waals surface area (Å²) < 4.78 is 5.34. The van der Waals surface area contributed by atoms with E-state index in [4.69, 9.17) is 4.74 Å². The van der Waals surface area contributed by atoms with Gasteiger partial charge in [0.1, 0.15) is 0 Å². The second-order valence-electron chi connectivity index (χ2n) is 6.09. The van der Waals surface area contributed by atoms with E-state index in [9.17, 15) is 14.7 Å². The van der Waals surface area contributed by atoms with Crippen molar-refractivity contribution in [2.75, 3.05) is 19.8 Å². The first-order valence-corrected chi connectivity index (χ1v) is 7.98. The SMILES string of the molecule is CCCOCCCNC(=O)NC1C2CCC(C2)C1C(=O)O. The normalized spacial score (nSPS) is 30.3. The molecule has 0 aromatic rings. The minimum Gasteiger partial charge on any atom is -0.481 e. The highest BCUT2D eigenvalue weighted by atomic mass is 16.5. The van der Waals surface area contributed by atoms with E-state index in [0.717, 1.165) is 38.7 Å². The van der Waals surface area contributed by atoms with Gasteiger partial charge in [0.2, 0.25) is 0 Å². The Bertz CT molecular complexity index is 375. The van der Waals surface area contributed by atoms with Crippen molar-refractivity contribution in [3.05, 3.63) is 0 Å². The maximum Gasteiger partial charge on any atom is 0.315 e. The summed E-state index contributed by atoms with van der Waals surface area (Å²) >= 11 is 0. The van der Waals surface area contributed by atoms with E-state index < -0.39 is 11.9 Å². The van der Waals surface area contributed by atoms with Gasteiger partial charge in [-0.3, -0.25) is 4.79 Å². The van der Waals surface area contributed by atoms with Gasteiger partial charge in [0.25, 0.3) is 0 Å². The summed E-state index contributed by atoms with van der Waals surface area (Å²) in [6.45, 7) is 3.99. The lowest BCUT2D eigenvalue weighted by molar-refractivity contribution is -0.144. The Morgan fingerprint density at radius 3 is 2.71 bits per heavy atom. The molecule has 2 amide bonds. The summed E-state index contributed by atoms with van der Waals surface area (Å²) in [5.41, 5.74) is 0. The third-order valence-electron chi connectivity index (χ3n) is 4.60. The molecule has 2 aliphatic rings. The quantitative estimate of drug-likeness (QED) is 0.594. The first-order valence-electron chi connectivity index (χ1n) is 7.98. The Kier molecular flexibility index (Phi) is 5.85. The number of amides is 2. The fourth-order valence-corrected chi connectivity index (χ4v) is 3.68. The summed E-state index contributed by atoms with van der Waals surface area (Å²) in [5.74, 6) is -0.627. The Morgan fingerprint density at radius 1 is 1.24 bits per heavy atom. The highest BCUT2D eigenvalue weighted by Gasteiger charge is 2.51. The standard InChI is InChI=1S/C15H26N2O4/c1-2-7-21-8-3-6-16-15(20)17-13-11-5-4-10(9-11)12(13)14(18)19/h10-13H,2-9H2,1H3,(H,18,19)(H2,16,17,20). The van der Waals surface area contributed by atoms with Crippen LogP contribution in [0, 0.1) is 17.8 Å². The van der Waals surface area contributed by atoms with E-state index in [1.54, 1.807) is 0 Å². The monoisotopic (exact) mass is 298 g/mol. The number of fused-ring (bicyclic) bond motifs is 2. The average molecular weight is 298 g/mol. The van der Waals surface area contributed by atoms with Crippen molar-refractivity contribution >= 4 is 12.0 Å². The number of hydrogen-bond acceptors (Lipinski definition) is 3. The number of nitrogens with one attached hydrogen (secondary N) is 2. The van der Waals surface area contributed by atoms with Gasteiger partial charge in [0, 0.05) is 25.8 Å². The minimum atomic E-state index is -0.777. The van der Waals surface area contributed by atoms with Gasteiger partial charge in [0.05, 0.1) is 5.92 Å². The molecular weight excluding hydrogens is 272 g/mol. The van der Waals surface area contributed by atoms with Crippen LogP contribution in [0.2, 0.25) is 0 Å². The number of rotatable bonds is 8. The van der Waals surface area contributed by atoms with Gasteiger partial charge in [-0.15, -0.1) is 0 Å².